The van der Waals surface area contributed by atoms with Gasteiger partial charge in [-0.1, -0.05) is 48.5 Å². The third-order valence-electron chi connectivity index (χ3n) is 14.0. The second kappa shape index (κ2) is 21.6. The molecule has 5 aliphatic rings. The molecule has 6 amide bonds. The predicted molar refractivity (Wildman–Crippen MR) is 236 cm³/mol. The normalized spacial score (nSPS) is 33.9. The first-order valence-electron chi connectivity index (χ1n) is 24.0. The second-order valence-electron chi connectivity index (χ2n) is 20.4. The number of carbonyl (C=O) groups excluding carboxylic acids is 8. The lowest BCUT2D eigenvalue weighted by molar-refractivity contribution is -0.329. The molecule has 23 heteroatoms. The molecule has 0 aromatic carbocycles. The van der Waals surface area contributed by atoms with Gasteiger partial charge in [-0.15, -0.1) is 0 Å². The van der Waals surface area contributed by atoms with Crippen molar-refractivity contribution in [1.82, 2.24) is 41.2 Å². The fourth-order valence-corrected chi connectivity index (χ4v) is 10.3. The SMILES string of the molecule is CCC1OC(O)(C(C)(O)C(=O)NC2C(=O)N3NCCCC3C(=O)N(O)CC(=O)N3NCCCC3C(=O)N3CCC(C)(OC(C)=O)C3C(=O)N(O)C(C(C)C)C(=O)OC2C(C)C)CCC1CC(C)C. The Morgan fingerprint density at radius 1 is 0.882 bits per heavy atom. The number of nitrogens with zero attached hydrogens (tertiary/aromatic N) is 5. The number of amides is 6. The Balaban J connectivity index is 1.63. The monoisotopic (exact) mass is 967 g/mol. The molecule has 384 valence electrons. The molecule has 0 aliphatic carbocycles. The molecular formula is C45H74N8O15. The van der Waals surface area contributed by atoms with Crippen LogP contribution < -0.4 is 16.2 Å². The van der Waals surface area contributed by atoms with E-state index in [1.807, 2.05) is 20.8 Å². The third-order valence-corrected chi connectivity index (χ3v) is 14.0. The quantitative estimate of drug-likeness (QED) is 0.119. The summed E-state index contributed by atoms with van der Waals surface area (Å²) in [6.07, 6.45) is -0.242. The summed E-state index contributed by atoms with van der Waals surface area (Å²) in [6.45, 7) is 14.6. The number of cyclic esters (lactones) is 1. The van der Waals surface area contributed by atoms with E-state index in [1.54, 1.807) is 0 Å². The van der Waals surface area contributed by atoms with E-state index in [4.69, 9.17) is 14.2 Å². The maximum absolute atomic E-state index is 15.1. The molecule has 7 N–H and O–H groups in total. The number of nitrogens with one attached hydrogen (secondary N) is 3. The highest BCUT2D eigenvalue weighted by molar-refractivity contribution is 5.97. The number of aliphatic hydroxyl groups is 2. The van der Waals surface area contributed by atoms with Crippen LogP contribution in [-0.2, 0) is 52.6 Å². The van der Waals surface area contributed by atoms with Crippen molar-refractivity contribution in [3.8, 4) is 0 Å². The van der Waals surface area contributed by atoms with E-state index in [1.165, 1.54) is 34.6 Å². The summed E-state index contributed by atoms with van der Waals surface area (Å²) in [6, 6.07) is -8.45. The van der Waals surface area contributed by atoms with Crippen LogP contribution in [0.15, 0.2) is 0 Å². The van der Waals surface area contributed by atoms with Gasteiger partial charge in [-0.2, -0.15) is 0 Å². The summed E-state index contributed by atoms with van der Waals surface area (Å²) in [5, 5.41) is 51.6. The maximum atomic E-state index is 15.1. The van der Waals surface area contributed by atoms with E-state index >= 15 is 4.79 Å². The first-order valence-corrected chi connectivity index (χ1v) is 24.0. The van der Waals surface area contributed by atoms with Gasteiger partial charge in [0.05, 0.1) is 6.10 Å². The van der Waals surface area contributed by atoms with Crippen molar-refractivity contribution in [2.75, 3.05) is 26.2 Å². The van der Waals surface area contributed by atoms with Crippen LogP contribution >= 0.6 is 0 Å². The van der Waals surface area contributed by atoms with Crippen molar-refractivity contribution in [3.05, 3.63) is 0 Å². The van der Waals surface area contributed by atoms with Gasteiger partial charge in [-0.25, -0.2) is 25.8 Å². The van der Waals surface area contributed by atoms with Gasteiger partial charge in [0, 0.05) is 39.4 Å². The Morgan fingerprint density at radius 2 is 1.49 bits per heavy atom. The predicted octanol–water partition coefficient (Wildman–Crippen LogP) is 0.118. The zero-order valence-electron chi connectivity index (χ0n) is 41.1. The average Bonchev–Trinajstić information content (AvgIpc) is 3.61. The van der Waals surface area contributed by atoms with Crippen molar-refractivity contribution in [2.24, 2.45) is 23.7 Å². The number of rotatable bonds is 9. The molecule has 5 rings (SSSR count). The third kappa shape index (κ3) is 11.1. The van der Waals surface area contributed by atoms with Crippen LogP contribution in [0.5, 0.6) is 0 Å². The first-order chi connectivity index (χ1) is 31.7. The Kier molecular flexibility index (Phi) is 17.3. The molecule has 0 spiro atoms. The molecule has 68 heavy (non-hydrogen) atoms. The molecule has 5 heterocycles. The number of ether oxygens (including phenoxy) is 3. The molecule has 0 radical (unpaired) electrons. The molecule has 23 nitrogen and oxygen atoms in total. The molecule has 5 aliphatic heterocycles. The van der Waals surface area contributed by atoms with Crippen molar-refractivity contribution in [3.63, 3.8) is 0 Å². The van der Waals surface area contributed by atoms with E-state index in [0.29, 0.717) is 31.6 Å². The van der Waals surface area contributed by atoms with Gasteiger partial charge >= 0.3 is 11.9 Å². The highest BCUT2D eigenvalue weighted by atomic mass is 16.7. The van der Waals surface area contributed by atoms with Crippen LogP contribution in [0.3, 0.4) is 0 Å². The average molecular weight is 967 g/mol. The van der Waals surface area contributed by atoms with Gasteiger partial charge in [0.15, 0.2) is 17.7 Å². The Morgan fingerprint density at radius 3 is 2.04 bits per heavy atom. The van der Waals surface area contributed by atoms with Crippen molar-refractivity contribution in [1.29, 1.82) is 0 Å². The summed E-state index contributed by atoms with van der Waals surface area (Å²) in [5.41, 5.74) is 1.15. The zero-order valence-corrected chi connectivity index (χ0v) is 41.1. The van der Waals surface area contributed by atoms with E-state index in [9.17, 15) is 54.2 Å². The van der Waals surface area contributed by atoms with Crippen molar-refractivity contribution in [2.45, 2.75) is 186 Å². The van der Waals surface area contributed by atoms with Gasteiger partial charge in [0.25, 0.3) is 29.5 Å². The highest BCUT2D eigenvalue weighted by Crippen LogP contribution is 2.42. The van der Waals surface area contributed by atoms with Gasteiger partial charge in [0.2, 0.25) is 11.7 Å². The number of hydroxylamine groups is 4. The van der Waals surface area contributed by atoms with E-state index in [0.717, 1.165) is 35.2 Å². The first kappa shape index (κ1) is 54.4. The van der Waals surface area contributed by atoms with Gasteiger partial charge in [-0.3, -0.25) is 54.0 Å². The second-order valence-corrected chi connectivity index (χ2v) is 20.4. The Hall–Kier alpha value is -4.52. The zero-order chi connectivity index (χ0) is 50.8. The Bertz CT molecular complexity index is 1920. The van der Waals surface area contributed by atoms with Gasteiger partial charge in [0.1, 0.15) is 36.4 Å². The largest absolute Gasteiger partial charge is 0.458 e. The number of hydrogen-bond donors (Lipinski definition) is 7. The van der Waals surface area contributed by atoms with E-state index in [-0.39, 0.29) is 61.4 Å². The minimum atomic E-state index is -2.75. The van der Waals surface area contributed by atoms with Crippen LogP contribution in [0.25, 0.3) is 0 Å². The van der Waals surface area contributed by atoms with Crippen LogP contribution in [0, 0.1) is 23.7 Å². The van der Waals surface area contributed by atoms with Crippen LogP contribution in [0.2, 0.25) is 0 Å². The molecule has 11 unspecified atom stereocenters. The molecule has 0 bridgehead atoms. The number of carbonyl (C=O) groups is 8. The molecule has 5 fully saturated rings. The molecule has 0 aromatic heterocycles. The fraction of sp³-hybridized carbons (Fsp3) is 0.822. The lowest BCUT2D eigenvalue weighted by Crippen LogP contribution is -2.70. The summed E-state index contributed by atoms with van der Waals surface area (Å²) in [5.74, 6) is -12.6. The van der Waals surface area contributed by atoms with E-state index < -0.39 is 125 Å². The molecule has 0 aromatic rings. The van der Waals surface area contributed by atoms with Crippen molar-refractivity contribution >= 4 is 47.4 Å². The molecular weight excluding hydrogens is 893 g/mol. The van der Waals surface area contributed by atoms with Gasteiger partial charge < -0.3 is 34.6 Å². The summed E-state index contributed by atoms with van der Waals surface area (Å²) < 4.78 is 17.8. The number of hydrogen-bond acceptors (Lipinski definition) is 17. The Labute approximate surface area is 397 Å². The topological polar surface area (TPSA) is 297 Å². The molecule has 11 atom stereocenters. The summed E-state index contributed by atoms with van der Waals surface area (Å²) in [7, 11) is 0. The lowest BCUT2D eigenvalue weighted by Gasteiger charge is -2.48. The summed E-state index contributed by atoms with van der Waals surface area (Å²) >= 11 is 0. The van der Waals surface area contributed by atoms with Crippen molar-refractivity contribution < 1.29 is 73.2 Å². The number of hydrazine groups is 2. The van der Waals surface area contributed by atoms with Crippen LogP contribution in [0.4, 0.5) is 0 Å². The molecule has 0 saturated carbocycles. The molecule has 5 saturated heterocycles. The number of fused-ring (bicyclic) bond motifs is 3. The maximum Gasteiger partial charge on any atom is 0.332 e. The number of esters is 2. The van der Waals surface area contributed by atoms with Crippen LogP contribution in [-0.4, -0.2) is 179 Å². The lowest BCUT2D eigenvalue weighted by atomic mass is 9.78. The minimum Gasteiger partial charge on any atom is -0.458 e. The standard InChI is InChI=1S/C45H74N8O15/c1-11-31-28(22-24(2)3)16-17-45(63,68-31)44(10,62)42(61)48-33-35(26(6)7)66-41(60)34(25(4)5)53(65)40(59)36-43(9,67-27(8)54)18-21-49(36)37(56)29-14-12-19-46-51(29)32(55)23-50(64)38(57)30-15-13-20-47-52(30)39(33)58/h24-26,28-31,33-36,46-47,62-65H,11-23H2,1-10H3,(H,48,61). The smallest absolute Gasteiger partial charge is 0.332 e. The highest BCUT2D eigenvalue weighted by Gasteiger charge is 2.59. The fourth-order valence-electron chi connectivity index (χ4n) is 10.3. The van der Waals surface area contributed by atoms with E-state index in [2.05, 4.69) is 16.2 Å². The van der Waals surface area contributed by atoms with Crippen LogP contribution in [0.1, 0.15) is 127 Å². The summed E-state index contributed by atoms with van der Waals surface area (Å²) in [4.78, 5) is 115. The minimum absolute atomic E-state index is 0.00896. The van der Waals surface area contributed by atoms with Gasteiger partial charge in [-0.05, 0) is 82.5 Å².